The Kier molecular flexibility index (Phi) is 5.08. The van der Waals surface area contributed by atoms with Gasteiger partial charge in [-0.15, -0.1) is 0 Å². The second-order valence-electron chi connectivity index (χ2n) is 4.42. The number of halogens is 1. The molecular formula is C13H13IN2O5S. The molecule has 0 unspecified atom stereocenters. The van der Waals surface area contributed by atoms with Crippen molar-refractivity contribution in [2.24, 2.45) is 5.14 Å². The number of anilines is 1. The molecule has 2 rings (SSSR count). The number of carboxylic acid groups (broad SMARTS) is 1. The van der Waals surface area contributed by atoms with Gasteiger partial charge in [0.25, 0.3) is 0 Å². The SMILES string of the molecule is NS(=O)(=O)c1cc(C(=O)O)c(NCc2ccco2)cc1CI. The highest BCUT2D eigenvalue weighted by Crippen LogP contribution is 2.27. The van der Waals surface area contributed by atoms with E-state index < -0.39 is 16.0 Å². The van der Waals surface area contributed by atoms with E-state index in [2.05, 4.69) is 5.32 Å². The lowest BCUT2D eigenvalue weighted by Gasteiger charge is -2.13. The number of hydrogen-bond donors (Lipinski definition) is 3. The highest BCUT2D eigenvalue weighted by molar-refractivity contribution is 14.1. The van der Waals surface area contributed by atoms with Gasteiger partial charge in [-0.25, -0.2) is 18.4 Å². The number of carboxylic acids is 1. The predicted octanol–water partition coefficient (Wildman–Crippen LogP) is 2.17. The third kappa shape index (κ3) is 3.78. The topological polar surface area (TPSA) is 123 Å². The second kappa shape index (κ2) is 6.67. The maximum Gasteiger partial charge on any atom is 0.337 e. The molecule has 0 atom stereocenters. The molecule has 0 amide bonds. The van der Waals surface area contributed by atoms with Crippen LogP contribution in [0.4, 0.5) is 5.69 Å². The molecule has 2 aromatic rings. The summed E-state index contributed by atoms with van der Waals surface area (Å²) in [5.74, 6) is -0.616. The Morgan fingerprint density at radius 3 is 2.64 bits per heavy atom. The fourth-order valence-corrected chi connectivity index (χ4v) is 3.58. The van der Waals surface area contributed by atoms with E-state index in [0.717, 1.165) is 6.07 Å². The summed E-state index contributed by atoms with van der Waals surface area (Å²) in [6.45, 7) is 0.280. The van der Waals surface area contributed by atoms with Crippen LogP contribution in [-0.2, 0) is 21.0 Å². The van der Waals surface area contributed by atoms with Gasteiger partial charge in [0.05, 0.1) is 23.3 Å². The number of carbonyl (C=O) groups is 1. The van der Waals surface area contributed by atoms with Gasteiger partial charge >= 0.3 is 5.97 Å². The first kappa shape index (κ1) is 16.8. The van der Waals surface area contributed by atoms with Crippen LogP contribution in [0.5, 0.6) is 0 Å². The summed E-state index contributed by atoms with van der Waals surface area (Å²) in [4.78, 5) is 11.2. The van der Waals surface area contributed by atoms with Gasteiger partial charge in [-0.05, 0) is 29.8 Å². The van der Waals surface area contributed by atoms with Gasteiger partial charge in [-0.3, -0.25) is 0 Å². The first-order valence-electron chi connectivity index (χ1n) is 6.08. The Balaban J connectivity index is 2.46. The second-order valence-corrected chi connectivity index (χ2v) is 6.71. The summed E-state index contributed by atoms with van der Waals surface area (Å²) < 4.78 is 28.7. The van der Waals surface area contributed by atoms with Crippen molar-refractivity contribution in [2.75, 3.05) is 5.32 Å². The number of nitrogens with two attached hydrogens (primary N) is 1. The molecule has 0 bridgehead atoms. The normalized spacial score (nSPS) is 11.4. The number of nitrogens with one attached hydrogen (secondary N) is 1. The standard InChI is InChI=1S/C13H13IN2O5S/c14-6-8-4-11(16-7-9-2-1-3-21-9)10(13(17)18)5-12(8)22(15,19)20/h1-5,16H,6-7H2,(H,17,18)(H2,15,19,20). The summed E-state index contributed by atoms with van der Waals surface area (Å²) in [6, 6.07) is 6.02. The molecule has 0 radical (unpaired) electrons. The highest BCUT2D eigenvalue weighted by Gasteiger charge is 2.20. The molecule has 7 nitrogen and oxygen atoms in total. The minimum atomic E-state index is -3.99. The number of primary sulfonamides is 1. The molecule has 9 heteroatoms. The predicted molar refractivity (Wildman–Crippen MR) is 88.5 cm³/mol. The summed E-state index contributed by atoms with van der Waals surface area (Å²) in [6.07, 6.45) is 1.51. The van der Waals surface area contributed by atoms with E-state index in [1.807, 2.05) is 22.6 Å². The first-order chi connectivity index (χ1) is 10.3. The molecule has 1 aromatic carbocycles. The maximum atomic E-state index is 11.6. The zero-order valence-electron chi connectivity index (χ0n) is 11.2. The lowest BCUT2D eigenvalue weighted by atomic mass is 10.1. The molecule has 4 N–H and O–H groups in total. The zero-order valence-corrected chi connectivity index (χ0v) is 14.2. The molecule has 118 valence electrons. The van der Waals surface area contributed by atoms with Crippen molar-refractivity contribution in [1.82, 2.24) is 0 Å². The van der Waals surface area contributed by atoms with E-state index in [9.17, 15) is 18.3 Å². The van der Waals surface area contributed by atoms with E-state index in [1.54, 1.807) is 12.1 Å². The van der Waals surface area contributed by atoms with Crippen LogP contribution in [-0.4, -0.2) is 19.5 Å². The Labute approximate surface area is 140 Å². The van der Waals surface area contributed by atoms with Crippen molar-refractivity contribution in [1.29, 1.82) is 0 Å². The van der Waals surface area contributed by atoms with E-state index in [1.165, 1.54) is 12.3 Å². The molecule has 1 heterocycles. The van der Waals surface area contributed by atoms with Crippen molar-refractivity contribution < 1.29 is 22.7 Å². The van der Waals surface area contributed by atoms with Crippen LogP contribution in [0.15, 0.2) is 39.8 Å². The zero-order chi connectivity index (χ0) is 16.3. The summed E-state index contributed by atoms with van der Waals surface area (Å²) in [7, 11) is -3.99. The van der Waals surface area contributed by atoms with Crippen LogP contribution < -0.4 is 10.5 Å². The van der Waals surface area contributed by atoms with E-state index in [4.69, 9.17) is 9.56 Å². The van der Waals surface area contributed by atoms with Crippen LogP contribution in [0, 0.1) is 0 Å². The molecule has 0 aliphatic heterocycles. The quantitative estimate of drug-likeness (QED) is 0.471. The van der Waals surface area contributed by atoms with Gasteiger partial charge in [0.1, 0.15) is 5.76 Å². The molecule has 22 heavy (non-hydrogen) atoms. The van der Waals surface area contributed by atoms with Crippen molar-refractivity contribution in [3.05, 3.63) is 47.4 Å². The first-order valence-corrected chi connectivity index (χ1v) is 9.15. The van der Waals surface area contributed by atoms with Gasteiger partial charge in [-0.1, -0.05) is 22.6 Å². The fourth-order valence-electron chi connectivity index (χ4n) is 1.91. The summed E-state index contributed by atoms with van der Waals surface area (Å²) in [5, 5.41) is 17.4. The van der Waals surface area contributed by atoms with Crippen LogP contribution >= 0.6 is 22.6 Å². The van der Waals surface area contributed by atoms with Gasteiger partial charge < -0.3 is 14.8 Å². The minimum Gasteiger partial charge on any atom is -0.478 e. The van der Waals surface area contributed by atoms with E-state index in [0.29, 0.717) is 21.4 Å². The number of benzene rings is 1. The van der Waals surface area contributed by atoms with Gasteiger partial charge in [0, 0.05) is 10.1 Å². The maximum absolute atomic E-state index is 11.6. The van der Waals surface area contributed by atoms with Gasteiger partial charge in [-0.2, -0.15) is 0 Å². The van der Waals surface area contributed by atoms with Crippen LogP contribution in [0.3, 0.4) is 0 Å². The van der Waals surface area contributed by atoms with Crippen LogP contribution in [0.1, 0.15) is 21.7 Å². The number of furan rings is 1. The highest BCUT2D eigenvalue weighted by atomic mass is 127. The molecule has 0 saturated carbocycles. The monoisotopic (exact) mass is 436 g/mol. The Morgan fingerprint density at radius 1 is 1.41 bits per heavy atom. The van der Waals surface area contributed by atoms with Crippen molar-refractivity contribution in [2.45, 2.75) is 15.9 Å². The molecular weight excluding hydrogens is 423 g/mol. The average molecular weight is 436 g/mol. The molecule has 0 spiro atoms. The summed E-state index contributed by atoms with van der Waals surface area (Å²) in [5.41, 5.74) is 0.585. The molecule has 0 saturated heterocycles. The van der Waals surface area contributed by atoms with E-state index in [-0.39, 0.29) is 17.0 Å². The van der Waals surface area contributed by atoms with Crippen molar-refractivity contribution in [3.8, 4) is 0 Å². The Morgan fingerprint density at radius 2 is 2.14 bits per heavy atom. The van der Waals surface area contributed by atoms with Crippen LogP contribution in [0.2, 0.25) is 0 Å². The number of alkyl halides is 1. The molecule has 1 aromatic heterocycles. The van der Waals surface area contributed by atoms with E-state index >= 15 is 0 Å². The van der Waals surface area contributed by atoms with Crippen molar-refractivity contribution >= 4 is 44.3 Å². The van der Waals surface area contributed by atoms with Crippen LogP contribution in [0.25, 0.3) is 0 Å². The number of aromatic carboxylic acids is 1. The van der Waals surface area contributed by atoms with Gasteiger partial charge in [0.15, 0.2) is 0 Å². The smallest absolute Gasteiger partial charge is 0.337 e. The average Bonchev–Trinajstić information content (AvgIpc) is 2.96. The lowest BCUT2D eigenvalue weighted by Crippen LogP contribution is -2.16. The minimum absolute atomic E-state index is 0.163. The Hall–Kier alpha value is -1.59. The van der Waals surface area contributed by atoms with Gasteiger partial charge in [0.2, 0.25) is 10.0 Å². The largest absolute Gasteiger partial charge is 0.478 e. The van der Waals surface area contributed by atoms with Crippen molar-refractivity contribution in [3.63, 3.8) is 0 Å². The summed E-state index contributed by atoms with van der Waals surface area (Å²) >= 11 is 1.99. The third-order valence-electron chi connectivity index (χ3n) is 2.91. The molecule has 0 fully saturated rings. The number of hydrogen-bond acceptors (Lipinski definition) is 5. The lowest BCUT2D eigenvalue weighted by molar-refractivity contribution is 0.0697. The fraction of sp³-hybridized carbons (Fsp3) is 0.154. The molecule has 0 aliphatic rings. The molecule has 0 aliphatic carbocycles. The third-order valence-corrected chi connectivity index (χ3v) is 4.73. The number of rotatable bonds is 6. The Bertz CT molecular complexity index is 787. The number of sulfonamides is 1.